The largest absolute Gasteiger partial charge is 0.497 e. The topological polar surface area (TPSA) is 111 Å². The van der Waals surface area contributed by atoms with Gasteiger partial charge in [-0.3, -0.25) is 10.1 Å². The lowest BCUT2D eigenvalue weighted by Gasteiger charge is -2.05. The maximum absolute atomic E-state index is 12.3. The van der Waals surface area contributed by atoms with Gasteiger partial charge in [-0.1, -0.05) is 27.1 Å². The average molecular weight is 466 g/mol. The van der Waals surface area contributed by atoms with Gasteiger partial charge < -0.3 is 9.15 Å². The number of aromatic nitrogens is 2. The molecule has 0 bridgehead atoms. The highest BCUT2D eigenvalue weighted by Crippen LogP contribution is 2.23. The number of methoxy groups -OCH3 is 1. The number of hydrogen-bond donors (Lipinski definition) is 1. The van der Waals surface area contributed by atoms with Crippen molar-refractivity contribution in [3.63, 3.8) is 0 Å². The molecular weight excluding hydrogens is 450 g/mol. The summed E-state index contributed by atoms with van der Waals surface area (Å²) in [6.07, 6.45) is -0.247. The van der Waals surface area contributed by atoms with Crippen LogP contribution < -0.4 is 10.1 Å². The van der Waals surface area contributed by atoms with Crippen molar-refractivity contribution in [1.29, 1.82) is 0 Å². The minimum atomic E-state index is -3.60. The summed E-state index contributed by atoms with van der Waals surface area (Å²) in [7, 11) is -2.11. The molecule has 0 unspecified atom stereocenters. The molecule has 0 saturated carbocycles. The van der Waals surface area contributed by atoms with E-state index in [1.54, 1.807) is 24.3 Å². The molecular formula is C18H16BrN3O5S. The number of halogens is 1. The highest BCUT2D eigenvalue weighted by atomic mass is 79.9. The van der Waals surface area contributed by atoms with E-state index in [4.69, 9.17) is 9.15 Å². The fourth-order valence-electron chi connectivity index (χ4n) is 2.32. The molecule has 10 heteroatoms. The van der Waals surface area contributed by atoms with Crippen LogP contribution >= 0.6 is 15.9 Å². The zero-order chi connectivity index (χ0) is 20.1. The van der Waals surface area contributed by atoms with Gasteiger partial charge in [-0.2, -0.15) is 0 Å². The molecule has 28 heavy (non-hydrogen) atoms. The third-order valence-corrected chi connectivity index (χ3v) is 5.98. The molecule has 0 aliphatic rings. The second-order valence-electron chi connectivity index (χ2n) is 5.72. The third-order valence-electron chi connectivity index (χ3n) is 3.76. The molecule has 1 amide bonds. The molecule has 0 spiro atoms. The lowest BCUT2D eigenvalue weighted by molar-refractivity contribution is -0.115. The summed E-state index contributed by atoms with van der Waals surface area (Å²) in [5.41, 5.74) is 0.685. The lowest BCUT2D eigenvalue weighted by atomic mass is 10.2. The van der Waals surface area contributed by atoms with E-state index in [1.165, 1.54) is 19.2 Å². The maximum atomic E-state index is 12.3. The van der Waals surface area contributed by atoms with Crippen LogP contribution in [0.2, 0.25) is 0 Å². The Kier molecular flexibility index (Phi) is 6.10. The van der Waals surface area contributed by atoms with Gasteiger partial charge in [0, 0.05) is 16.5 Å². The highest BCUT2D eigenvalue weighted by Gasteiger charge is 2.18. The summed E-state index contributed by atoms with van der Waals surface area (Å²) in [5, 5.41) is 10.0. The molecule has 146 valence electrons. The van der Waals surface area contributed by atoms with Crippen molar-refractivity contribution in [1.82, 2.24) is 10.2 Å². The molecule has 1 aromatic heterocycles. The van der Waals surface area contributed by atoms with Crippen LogP contribution in [0.3, 0.4) is 0 Å². The molecule has 1 N–H and O–H groups in total. The van der Waals surface area contributed by atoms with Gasteiger partial charge >= 0.3 is 6.01 Å². The second kappa shape index (κ2) is 8.53. The SMILES string of the molecule is COc1ccc(S(=O)(=O)CCC(=O)Nc2nnc(-c3cccc(Br)c3)o2)cc1. The van der Waals surface area contributed by atoms with Crippen LogP contribution in [-0.2, 0) is 14.6 Å². The van der Waals surface area contributed by atoms with Crippen LogP contribution in [0.1, 0.15) is 6.42 Å². The molecule has 8 nitrogen and oxygen atoms in total. The number of anilines is 1. The van der Waals surface area contributed by atoms with Gasteiger partial charge in [0.1, 0.15) is 5.75 Å². The van der Waals surface area contributed by atoms with Gasteiger partial charge in [0.15, 0.2) is 9.84 Å². The van der Waals surface area contributed by atoms with E-state index in [0.717, 1.165) is 4.47 Å². The normalized spacial score (nSPS) is 11.2. The van der Waals surface area contributed by atoms with Crippen molar-refractivity contribution in [3.05, 3.63) is 53.0 Å². The van der Waals surface area contributed by atoms with E-state index in [2.05, 4.69) is 31.4 Å². The van der Waals surface area contributed by atoms with Gasteiger partial charge in [-0.05, 0) is 42.5 Å². The van der Waals surface area contributed by atoms with Crippen molar-refractivity contribution in [2.75, 3.05) is 18.2 Å². The molecule has 0 atom stereocenters. The minimum absolute atomic E-state index is 0.0955. The fraction of sp³-hybridized carbons (Fsp3) is 0.167. The first kappa shape index (κ1) is 20.0. The van der Waals surface area contributed by atoms with Crippen LogP contribution in [0.4, 0.5) is 6.01 Å². The fourth-order valence-corrected chi connectivity index (χ4v) is 3.96. The molecule has 3 aromatic rings. The number of amides is 1. The van der Waals surface area contributed by atoms with E-state index in [9.17, 15) is 13.2 Å². The number of nitrogens with zero attached hydrogens (tertiary/aromatic N) is 2. The summed E-state index contributed by atoms with van der Waals surface area (Å²) in [6, 6.07) is 13.1. The van der Waals surface area contributed by atoms with Crippen molar-refractivity contribution in [2.24, 2.45) is 0 Å². The average Bonchev–Trinajstić information content (AvgIpc) is 3.15. The molecule has 0 radical (unpaired) electrons. The van der Waals surface area contributed by atoms with Gasteiger partial charge in [0.05, 0.1) is 17.8 Å². The summed E-state index contributed by atoms with van der Waals surface area (Å²) < 4.78 is 35.9. The van der Waals surface area contributed by atoms with E-state index in [0.29, 0.717) is 11.3 Å². The van der Waals surface area contributed by atoms with E-state index in [-0.39, 0.29) is 29.0 Å². The predicted molar refractivity (Wildman–Crippen MR) is 106 cm³/mol. The van der Waals surface area contributed by atoms with Crippen molar-refractivity contribution >= 4 is 37.7 Å². The highest BCUT2D eigenvalue weighted by molar-refractivity contribution is 9.10. The lowest BCUT2D eigenvalue weighted by Crippen LogP contribution is -2.17. The monoisotopic (exact) mass is 465 g/mol. The zero-order valence-electron chi connectivity index (χ0n) is 14.8. The van der Waals surface area contributed by atoms with Gasteiger partial charge in [0.2, 0.25) is 11.8 Å². The summed E-state index contributed by atoms with van der Waals surface area (Å²) in [6.45, 7) is 0. The van der Waals surface area contributed by atoms with Crippen molar-refractivity contribution < 1.29 is 22.4 Å². The van der Waals surface area contributed by atoms with Gasteiger partial charge in [-0.25, -0.2) is 8.42 Å². The Balaban J connectivity index is 1.59. The molecule has 0 fully saturated rings. The van der Waals surface area contributed by atoms with E-state index >= 15 is 0 Å². The number of carbonyl (C=O) groups is 1. The Hall–Kier alpha value is -2.72. The smallest absolute Gasteiger partial charge is 0.322 e. The number of hydrogen-bond acceptors (Lipinski definition) is 7. The van der Waals surface area contributed by atoms with E-state index in [1.807, 2.05) is 12.1 Å². The molecule has 3 rings (SSSR count). The molecule has 2 aromatic carbocycles. The van der Waals surface area contributed by atoms with Gasteiger partial charge in [0.25, 0.3) is 0 Å². The summed E-state index contributed by atoms with van der Waals surface area (Å²) >= 11 is 3.35. The summed E-state index contributed by atoms with van der Waals surface area (Å²) in [4.78, 5) is 12.2. The van der Waals surface area contributed by atoms with Crippen LogP contribution in [0, 0.1) is 0 Å². The first-order chi connectivity index (χ1) is 13.4. The Morgan fingerprint density at radius 1 is 1.18 bits per heavy atom. The number of rotatable bonds is 7. The maximum Gasteiger partial charge on any atom is 0.322 e. The number of carbonyl (C=O) groups excluding carboxylic acids is 1. The third kappa shape index (κ3) is 4.96. The molecule has 0 aliphatic heterocycles. The quantitative estimate of drug-likeness (QED) is 0.569. The Bertz CT molecular complexity index is 1080. The summed E-state index contributed by atoms with van der Waals surface area (Å²) in [5.74, 6) is -0.101. The Labute approximate surface area is 170 Å². The number of ether oxygens (including phenoxy) is 1. The van der Waals surface area contributed by atoms with Crippen LogP contribution in [0.5, 0.6) is 5.75 Å². The first-order valence-electron chi connectivity index (χ1n) is 8.13. The van der Waals surface area contributed by atoms with Crippen molar-refractivity contribution in [3.8, 4) is 17.2 Å². The van der Waals surface area contributed by atoms with Crippen LogP contribution in [-0.4, -0.2) is 37.4 Å². The van der Waals surface area contributed by atoms with E-state index < -0.39 is 15.7 Å². The number of benzene rings is 2. The second-order valence-corrected chi connectivity index (χ2v) is 8.74. The predicted octanol–water partition coefficient (Wildman–Crippen LogP) is 3.31. The van der Waals surface area contributed by atoms with Gasteiger partial charge in [-0.15, -0.1) is 5.10 Å². The Morgan fingerprint density at radius 3 is 2.61 bits per heavy atom. The number of nitrogens with one attached hydrogen (secondary N) is 1. The standard InChI is InChI=1S/C18H16BrN3O5S/c1-26-14-5-7-15(8-6-14)28(24,25)10-9-16(23)20-18-22-21-17(27-18)12-3-2-4-13(19)11-12/h2-8,11H,9-10H2,1H3,(H,20,22,23). The molecule has 1 heterocycles. The molecule has 0 saturated heterocycles. The number of sulfone groups is 1. The van der Waals surface area contributed by atoms with Crippen molar-refractivity contribution in [2.45, 2.75) is 11.3 Å². The minimum Gasteiger partial charge on any atom is -0.497 e. The van der Waals surface area contributed by atoms with Crippen LogP contribution in [0.15, 0.2) is 62.3 Å². The van der Waals surface area contributed by atoms with Crippen LogP contribution in [0.25, 0.3) is 11.5 Å². The Morgan fingerprint density at radius 2 is 1.93 bits per heavy atom. The first-order valence-corrected chi connectivity index (χ1v) is 10.6. The zero-order valence-corrected chi connectivity index (χ0v) is 17.2. The molecule has 0 aliphatic carbocycles.